The van der Waals surface area contributed by atoms with Gasteiger partial charge in [0.1, 0.15) is 0 Å². The van der Waals surface area contributed by atoms with Crippen molar-refractivity contribution in [3.8, 4) is 0 Å². The van der Waals surface area contributed by atoms with Crippen LogP contribution in [-0.2, 0) is 12.8 Å². The fraction of sp³-hybridized carbons (Fsp3) is 0.375. The van der Waals surface area contributed by atoms with Gasteiger partial charge in [-0.2, -0.15) is 10.2 Å². The average Bonchev–Trinajstić information content (AvgIpc) is 2.41. The van der Waals surface area contributed by atoms with E-state index in [4.69, 9.17) is 0 Å². The first-order chi connectivity index (χ1) is 9.10. The number of hydrogen-bond donors (Lipinski definition) is 1. The van der Waals surface area contributed by atoms with Gasteiger partial charge in [-0.05, 0) is 31.9 Å². The van der Waals surface area contributed by atoms with Crippen LogP contribution in [0.4, 0.5) is 0 Å². The van der Waals surface area contributed by atoms with Crippen molar-refractivity contribution in [2.75, 3.05) is 0 Å². The van der Waals surface area contributed by atoms with E-state index in [9.17, 15) is 5.11 Å². The molecule has 0 saturated heterocycles. The van der Waals surface area contributed by atoms with E-state index in [0.29, 0.717) is 6.42 Å². The standard InChI is InChI=1S/C16H20N2O/c1-4-15-14(9-12(3)17-18-15)16(19)10-13-7-5-11(2)6-8-13/h5-9,16,19H,4,10H2,1-3H3. The maximum Gasteiger partial charge on any atom is 0.0849 e. The van der Waals surface area contributed by atoms with Crippen LogP contribution in [0.25, 0.3) is 0 Å². The molecule has 1 atom stereocenters. The largest absolute Gasteiger partial charge is 0.388 e. The lowest BCUT2D eigenvalue weighted by Gasteiger charge is -2.14. The Morgan fingerprint density at radius 3 is 2.42 bits per heavy atom. The van der Waals surface area contributed by atoms with Gasteiger partial charge in [0, 0.05) is 12.0 Å². The van der Waals surface area contributed by atoms with E-state index in [1.54, 1.807) is 0 Å². The zero-order valence-electron chi connectivity index (χ0n) is 11.7. The molecule has 0 fully saturated rings. The van der Waals surface area contributed by atoms with E-state index in [1.165, 1.54) is 5.56 Å². The van der Waals surface area contributed by atoms with Crippen LogP contribution in [-0.4, -0.2) is 15.3 Å². The number of aromatic nitrogens is 2. The lowest BCUT2D eigenvalue weighted by atomic mass is 9.98. The van der Waals surface area contributed by atoms with Gasteiger partial charge in [-0.25, -0.2) is 0 Å². The third kappa shape index (κ3) is 3.38. The van der Waals surface area contributed by atoms with Crippen LogP contribution < -0.4 is 0 Å². The molecule has 1 aromatic carbocycles. The van der Waals surface area contributed by atoms with Crippen LogP contribution >= 0.6 is 0 Å². The molecule has 0 aliphatic rings. The van der Waals surface area contributed by atoms with Crippen molar-refractivity contribution in [1.29, 1.82) is 0 Å². The molecule has 1 aromatic heterocycles. The summed E-state index contributed by atoms with van der Waals surface area (Å²) in [5.41, 5.74) is 4.99. The second-order valence-electron chi connectivity index (χ2n) is 4.95. The summed E-state index contributed by atoms with van der Waals surface area (Å²) in [7, 11) is 0. The molecular formula is C16H20N2O. The van der Waals surface area contributed by atoms with Crippen molar-refractivity contribution in [2.45, 2.75) is 39.7 Å². The molecule has 100 valence electrons. The fourth-order valence-electron chi connectivity index (χ4n) is 2.15. The number of benzene rings is 1. The summed E-state index contributed by atoms with van der Waals surface area (Å²) in [6, 6.07) is 10.2. The Bertz CT molecular complexity index is 549. The molecule has 0 amide bonds. The zero-order chi connectivity index (χ0) is 13.8. The molecule has 3 nitrogen and oxygen atoms in total. The summed E-state index contributed by atoms with van der Waals surface area (Å²) < 4.78 is 0. The van der Waals surface area contributed by atoms with Gasteiger partial charge in [0.05, 0.1) is 17.5 Å². The summed E-state index contributed by atoms with van der Waals surface area (Å²) in [6.07, 6.45) is 0.873. The first-order valence-corrected chi connectivity index (χ1v) is 6.67. The Kier molecular flexibility index (Phi) is 4.27. The van der Waals surface area contributed by atoms with Crippen molar-refractivity contribution in [3.63, 3.8) is 0 Å². The van der Waals surface area contributed by atoms with E-state index in [2.05, 4.69) is 41.4 Å². The third-order valence-corrected chi connectivity index (χ3v) is 3.27. The van der Waals surface area contributed by atoms with Gasteiger partial charge in [0.25, 0.3) is 0 Å². The summed E-state index contributed by atoms with van der Waals surface area (Å²) in [4.78, 5) is 0. The van der Waals surface area contributed by atoms with Crippen molar-refractivity contribution in [3.05, 3.63) is 58.4 Å². The van der Waals surface area contributed by atoms with Gasteiger partial charge in [-0.15, -0.1) is 0 Å². The van der Waals surface area contributed by atoms with Crippen LogP contribution in [0.5, 0.6) is 0 Å². The molecule has 0 aliphatic carbocycles. The van der Waals surface area contributed by atoms with Crippen LogP contribution in [0.1, 0.15) is 41.1 Å². The molecule has 1 heterocycles. The summed E-state index contributed by atoms with van der Waals surface area (Å²) in [5.74, 6) is 0. The first kappa shape index (κ1) is 13.7. The van der Waals surface area contributed by atoms with Crippen molar-refractivity contribution in [2.24, 2.45) is 0 Å². The van der Waals surface area contributed by atoms with Gasteiger partial charge in [-0.1, -0.05) is 36.8 Å². The lowest BCUT2D eigenvalue weighted by Crippen LogP contribution is -2.08. The third-order valence-electron chi connectivity index (χ3n) is 3.27. The van der Waals surface area contributed by atoms with E-state index >= 15 is 0 Å². The molecule has 3 heteroatoms. The Hall–Kier alpha value is -1.74. The van der Waals surface area contributed by atoms with E-state index in [1.807, 2.05) is 19.9 Å². The molecule has 0 saturated carbocycles. The molecule has 1 unspecified atom stereocenters. The SMILES string of the molecule is CCc1nnc(C)cc1C(O)Cc1ccc(C)cc1. The maximum absolute atomic E-state index is 10.4. The molecule has 0 aliphatic heterocycles. The number of aryl methyl sites for hydroxylation is 3. The number of hydrogen-bond acceptors (Lipinski definition) is 3. The molecule has 0 bridgehead atoms. The predicted octanol–water partition coefficient (Wildman–Crippen LogP) is 2.93. The zero-order valence-corrected chi connectivity index (χ0v) is 11.7. The molecular weight excluding hydrogens is 236 g/mol. The highest BCUT2D eigenvalue weighted by atomic mass is 16.3. The highest BCUT2D eigenvalue weighted by Gasteiger charge is 2.14. The highest BCUT2D eigenvalue weighted by Crippen LogP contribution is 2.21. The normalized spacial score (nSPS) is 12.4. The minimum atomic E-state index is -0.521. The molecule has 1 N–H and O–H groups in total. The molecule has 0 radical (unpaired) electrons. The van der Waals surface area contributed by atoms with E-state index in [-0.39, 0.29) is 0 Å². The Morgan fingerprint density at radius 1 is 1.11 bits per heavy atom. The Morgan fingerprint density at radius 2 is 1.79 bits per heavy atom. The smallest absolute Gasteiger partial charge is 0.0849 e. The number of nitrogens with zero attached hydrogens (tertiary/aromatic N) is 2. The monoisotopic (exact) mass is 256 g/mol. The maximum atomic E-state index is 10.4. The quantitative estimate of drug-likeness (QED) is 0.914. The van der Waals surface area contributed by atoms with E-state index in [0.717, 1.165) is 28.9 Å². The molecule has 0 spiro atoms. The van der Waals surface area contributed by atoms with Gasteiger partial charge >= 0.3 is 0 Å². The average molecular weight is 256 g/mol. The van der Waals surface area contributed by atoms with Gasteiger partial charge < -0.3 is 5.11 Å². The van der Waals surface area contributed by atoms with Crippen LogP contribution in [0, 0.1) is 13.8 Å². The Labute approximate surface area is 114 Å². The van der Waals surface area contributed by atoms with Crippen LogP contribution in [0.2, 0.25) is 0 Å². The molecule has 2 rings (SSSR count). The molecule has 2 aromatic rings. The van der Waals surface area contributed by atoms with Crippen LogP contribution in [0.15, 0.2) is 30.3 Å². The first-order valence-electron chi connectivity index (χ1n) is 6.67. The number of aliphatic hydroxyl groups excluding tert-OH is 1. The second kappa shape index (κ2) is 5.93. The van der Waals surface area contributed by atoms with Crippen molar-refractivity contribution in [1.82, 2.24) is 10.2 Å². The minimum absolute atomic E-state index is 0.521. The predicted molar refractivity (Wildman–Crippen MR) is 76.0 cm³/mol. The fourth-order valence-corrected chi connectivity index (χ4v) is 2.15. The van der Waals surface area contributed by atoms with Gasteiger partial charge in [0.15, 0.2) is 0 Å². The highest BCUT2D eigenvalue weighted by molar-refractivity contribution is 5.27. The molecule has 19 heavy (non-hydrogen) atoms. The number of rotatable bonds is 4. The van der Waals surface area contributed by atoms with Gasteiger partial charge in [0.2, 0.25) is 0 Å². The summed E-state index contributed by atoms with van der Waals surface area (Å²) >= 11 is 0. The Balaban J connectivity index is 2.21. The minimum Gasteiger partial charge on any atom is -0.388 e. The van der Waals surface area contributed by atoms with Crippen LogP contribution in [0.3, 0.4) is 0 Å². The topological polar surface area (TPSA) is 46.0 Å². The van der Waals surface area contributed by atoms with Crippen molar-refractivity contribution >= 4 is 0 Å². The number of aliphatic hydroxyl groups is 1. The van der Waals surface area contributed by atoms with E-state index < -0.39 is 6.10 Å². The lowest BCUT2D eigenvalue weighted by molar-refractivity contribution is 0.176. The van der Waals surface area contributed by atoms with Crippen molar-refractivity contribution < 1.29 is 5.11 Å². The second-order valence-corrected chi connectivity index (χ2v) is 4.95. The summed E-state index contributed by atoms with van der Waals surface area (Å²) in [5, 5.41) is 18.6. The van der Waals surface area contributed by atoms with Gasteiger partial charge in [-0.3, -0.25) is 0 Å². The summed E-state index contributed by atoms with van der Waals surface area (Å²) in [6.45, 7) is 5.99.